The highest BCUT2D eigenvalue weighted by Gasteiger charge is 2.19. The first-order chi connectivity index (χ1) is 10.0. The standard InChI is InChI=1S/C13H15N3O5/c1-7-6-9(19-2)15-13(20-3)11(7)12-14-8(21-16-12)4-5-10(17)18/h6H,4-5H2,1-3H3,(H,17,18). The summed E-state index contributed by atoms with van der Waals surface area (Å²) in [5.74, 6) is 0.374. The van der Waals surface area contributed by atoms with Crippen LogP contribution in [0.4, 0.5) is 0 Å². The summed E-state index contributed by atoms with van der Waals surface area (Å²) in [4.78, 5) is 18.9. The minimum atomic E-state index is -0.922. The number of carbonyl (C=O) groups is 1. The molecule has 0 aliphatic heterocycles. The van der Waals surface area contributed by atoms with Crippen LogP contribution in [0.25, 0.3) is 11.4 Å². The number of aryl methyl sites for hydroxylation is 2. The maximum Gasteiger partial charge on any atom is 0.303 e. The van der Waals surface area contributed by atoms with E-state index in [1.807, 2.05) is 6.92 Å². The predicted molar refractivity (Wildman–Crippen MR) is 71.3 cm³/mol. The third kappa shape index (κ3) is 3.28. The zero-order valence-corrected chi connectivity index (χ0v) is 11.9. The van der Waals surface area contributed by atoms with Gasteiger partial charge in [-0.25, -0.2) is 0 Å². The maximum absolute atomic E-state index is 10.5. The second-order valence-corrected chi connectivity index (χ2v) is 4.27. The zero-order chi connectivity index (χ0) is 15.4. The molecule has 2 aromatic rings. The van der Waals surface area contributed by atoms with Gasteiger partial charge in [0.25, 0.3) is 0 Å². The van der Waals surface area contributed by atoms with Crippen molar-refractivity contribution in [2.75, 3.05) is 14.2 Å². The lowest BCUT2D eigenvalue weighted by molar-refractivity contribution is -0.137. The molecule has 0 radical (unpaired) electrons. The molecule has 8 heteroatoms. The first-order valence-electron chi connectivity index (χ1n) is 6.19. The lowest BCUT2D eigenvalue weighted by atomic mass is 10.1. The Bertz CT molecular complexity index is 653. The van der Waals surface area contributed by atoms with E-state index in [9.17, 15) is 4.79 Å². The minimum Gasteiger partial charge on any atom is -0.481 e. The molecule has 112 valence electrons. The topological polar surface area (TPSA) is 108 Å². The van der Waals surface area contributed by atoms with Crippen molar-refractivity contribution in [3.05, 3.63) is 17.5 Å². The van der Waals surface area contributed by atoms with Crippen molar-refractivity contribution in [1.82, 2.24) is 15.1 Å². The number of nitrogens with zero attached hydrogens (tertiary/aromatic N) is 3. The number of ether oxygens (including phenoxy) is 2. The van der Waals surface area contributed by atoms with Crippen LogP contribution in [0.5, 0.6) is 11.8 Å². The molecule has 2 aromatic heterocycles. The summed E-state index contributed by atoms with van der Waals surface area (Å²) in [5, 5.41) is 12.5. The van der Waals surface area contributed by atoms with Crippen molar-refractivity contribution < 1.29 is 23.9 Å². The summed E-state index contributed by atoms with van der Waals surface area (Å²) in [7, 11) is 3.00. The van der Waals surface area contributed by atoms with E-state index in [0.29, 0.717) is 23.1 Å². The van der Waals surface area contributed by atoms with Gasteiger partial charge in [0.1, 0.15) is 0 Å². The average Bonchev–Trinajstić information content (AvgIpc) is 2.92. The number of hydrogen-bond acceptors (Lipinski definition) is 7. The summed E-state index contributed by atoms with van der Waals surface area (Å²) < 4.78 is 15.3. The van der Waals surface area contributed by atoms with Crippen molar-refractivity contribution in [3.8, 4) is 23.1 Å². The number of rotatable bonds is 6. The van der Waals surface area contributed by atoms with Crippen molar-refractivity contribution in [3.63, 3.8) is 0 Å². The van der Waals surface area contributed by atoms with Crippen molar-refractivity contribution in [2.24, 2.45) is 0 Å². The van der Waals surface area contributed by atoms with Crippen LogP contribution in [0.3, 0.4) is 0 Å². The molecule has 2 rings (SSSR count). The van der Waals surface area contributed by atoms with E-state index in [-0.39, 0.29) is 18.7 Å². The van der Waals surface area contributed by atoms with Gasteiger partial charge in [0, 0.05) is 12.5 Å². The third-order valence-corrected chi connectivity index (χ3v) is 2.81. The van der Waals surface area contributed by atoms with Crippen molar-refractivity contribution >= 4 is 5.97 Å². The number of carboxylic acid groups (broad SMARTS) is 1. The van der Waals surface area contributed by atoms with E-state index < -0.39 is 5.97 Å². The van der Waals surface area contributed by atoms with Crippen LogP contribution in [0.2, 0.25) is 0 Å². The molecule has 0 bridgehead atoms. The Morgan fingerprint density at radius 2 is 2.10 bits per heavy atom. The van der Waals surface area contributed by atoms with Crippen LogP contribution in [0.1, 0.15) is 17.9 Å². The van der Waals surface area contributed by atoms with Crippen LogP contribution in [-0.2, 0) is 11.2 Å². The SMILES string of the molecule is COc1cc(C)c(-c2noc(CCC(=O)O)n2)c(OC)n1. The molecule has 0 saturated carbocycles. The van der Waals surface area contributed by atoms with Gasteiger partial charge in [-0.2, -0.15) is 9.97 Å². The van der Waals surface area contributed by atoms with E-state index in [0.717, 1.165) is 5.56 Å². The summed E-state index contributed by atoms with van der Waals surface area (Å²) in [5.41, 5.74) is 1.40. The van der Waals surface area contributed by atoms with Crippen LogP contribution < -0.4 is 9.47 Å². The molecule has 0 spiro atoms. The summed E-state index contributed by atoms with van der Waals surface area (Å²) in [6.07, 6.45) is 0.103. The highest BCUT2D eigenvalue weighted by atomic mass is 16.5. The minimum absolute atomic E-state index is 0.0708. The Morgan fingerprint density at radius 1 is 1.33 bits per heavy atom. The van der Waals surface area contributed by atoms with E-state index in [1.165, 1.54) is 14.2 Å². The molecule has 0 unspecified atom stereocenters. The van der Waals surface area contributed by atoms with Gasteiger partial charge in [-0.05, 0) is 12.5 Å². The molecular formula is C13H15N3O5. The highest BCUT2D eigenvalue weighted by Crippen LogP contribution is 2.32. The Kier molecular flexibility index (Phi) is 4.36. The van der Waals surface area contributed by atoms with Gasteiger partial charge in [0.2, 0.25) is 23.5 Å². The second kappa shape index (κ2) is 6.21. The zero-order valence-electron chi connectivity index (χ0n) is 11.9. The van der Waals surface area contributed by atoms with Gasteiger partial charge in [-0.3, -0.25) is 4.79 Å². The van der Waals surface area contributed by atoms with Gasteiger partial charge in [0.05, 0.1) is 26.2 Å². The maximum atomic E-state index is 10.5. The fourth-order valence-electron chi connectivity index (χ4n) is 1.81. The van der Waals surface area contributed by atoms with Gasteiger partial charge in [0.15, 0.2) is 0 Å². The average molecular weight is 293 g/mol. The number of pyridine rings is 1. The second-order valence-electron chi connectivity index (χ2n) is 4.27. The van der Waals surface area contributed by atoms with Crippen LogP contribution in [0.15, 0.2) is 10.6 Å². The molecule has 0 fully saturated rings. The first kappa shape index (κ1) is 14.8. The number of aliphatic carboxylic acids is 1. The van der Waals surface area contributed by atoms with Crippen LogP contribution in [-0.4, -0.2) is 40.4 Å². The monoisotopic (exact) mass is 293 g/mol. The van der Waals surface area contributed by atoms with Gasteiger partial charge in [-0.1, -0.05) is 5.16 Å². The Labute approximate surface area is 120 Å². The first-order valence-corrected chi connectivity index (χ1v) is 6.19. The summed E-state index contributed by atoms with van der Waals surface area (Å²) in [6.45, 7) is 1.84. The molecule has 21 heavy (non-hydrogen) atoms. The molecular weight excluding hydrogens is 278 g/mol. The molecule has 0 aliphatic rings. The normalized spacial score (nSPS) is 10.4. The fraction of sp³-hybridized carbons (Fsp3) is 0.385. The van der Waals surface area contributed by atoms with Crippen LogP contribution in [0, 0.1) is 6.92 Å². The van der Waals surface area contributed by atoms with E-state index >= 15 is 0 Å². The lowest BCUT2D eigenvalue weighted by Crippen LogP contribution is -1.99. The lowest BCUT2D eigenvalue weighted by Gasteiger charge is -2.09. The Morgan fingerprint density at radius 3 is 2.71 bits per heavy atom. The number of hydrogen-bond donors (Lipinski definition) is 1. The molecule has 8 nitrogen and oxygen atoms in total. The van der Waals surface area contributed by atoms with Crippen molar-refractivity contribution in [1.29, 1.82) is 0 Å². The highest BCUT2D eigenvalue weighted by molar-refractivity contribution is 5.67. The Hall–Kier alpha value is -2.64. The van der Waals surface area contributed by atoms with E-state index in [2.05, 4.69) is 15.1 Å². The van der Waals surface area contributed by atoms with E-state index in [1.54, 1.807) is 6.07 Å². The van der Waals surface area contributed by atoms with Crippen molar-refractivity contribution in [2.45, 2.75) is 19.8 Å². The molecule has 2 heterocycles. The molecule has 0 atom stereocenters. The predicted octanol–water partition coefficient (Wildman–Crippen LogP) is 1.47. The quantitative estimate of drug-likeness (QED) is 0.853. The molecule has 0 saturated heterocycles. The van der Waals surface area contributed by atoms with E-state index in [4.69, 9.17) is 19.1 Å². The van der Waals surface area contributed by atoms with Gasteiger partial charge >= 0.3 is 5.97 Å². The summed E-state index contributed by atoms with van der Waals surface area (Å²) in [6, 6.07) is 1.73. The third-order valence-electron chi connectivity index (χ3n) is 2.81. The molecule has 0 aliphatic carbocycles. The number of carboxylic acids is 1. The molecule has 0 aromatic carbocycles. The van der Waals surface area contributed by atoms with Gasteiger partial charge < -0.3 is 19.1 Å². The summed E-state index contributed by atoms with van der Waals surface area (Å²) >= 11 is 0. The largest absolute Gasteiger partial charge is 0.481 e. The Balaban J connectivity index is 2.35. The number of methoxy groups -OCH3 is 2. The molecule has 1 N–H and O–H groups in total. The fourth-order valence-corrected chi connectivity index (χ4v) is 1.81. The van der Waals surface area contributed by atoms with Gasteiger partial charge in [-0.15, -0.1) is 0 Å². The smallest absolute Gasteiger partial charge is 0.303 e. The molecule has 0 amide bonds. The van der Waals surface area contributed by atoms with Crippen LogP contribution >= 0.6 is 0 Å². The number of aromatic nitrogens is 3.